The maximum atomic E-state index is 4.58. The molecule has 0 aliphatic rings. The Labute approximate surface area is 115 Å². The summed E-state index contributed by atoms with van der Waals surface area (Å²) in [6.45, 7) is 11.6. The summed E-state index contributed by atoms with van der Waals surface area (Å²) < 4.78 is 2.07. The van der Waals surface area contributed by atoms with Crippen LogP contribution in [0.3, 0.4) is 0 Å². The molecule has 0 fully saturated rings. The van der Waals surface area contributed by atoms with E-state index < -0.39 is 0 Å². The second-order valence-corrected chi connectivity index (χ2v) is 5.13. The predicted molar refractivity (Wildman–Crippen MR) is 80.6 cm³/mol. The van der Waals surface area contributed by atoms with Gasteiger partial charge in [-0.1, -0.05) is 17.7 Å². The molecule has 3 nitrogen and oxygen atoms in total. The molecule has 3 heteroatoms. The Balaban J connectivity index is 2.22. The van der Waals surface area contributed by atoms with Gasteiger partial charge in [-0.15, -0.1) is 0 Å². The summed E-state index contributed by atoms with van der Waals surface area (Å²) in [5.74, 6) is 0. The molecule has 1 aromatic carbocycles. The zero-order valence-corrected chi connectivity index (χ0v) is 12.5. The zero-order valence-electron chi connectivity index (χ0n) is 12.5. The number of anilines is 1. The molecule has 0 bridgehead atoms. The van der Waals surface area contributed by atoms with E-state index in [2.05, 4.69) is 74.0 Å². The Morgan fingerprint density at radius 1 is 1.16 bits per heavy atom. The van der Waals surface area contributed by atoms with Gasteiger partial charge in [0, 0.05) is 23.5 Å². The highest BCUT2D eigenvalue weighted by Gasteiger charge is 2.16. The van der Waals surface area contributed by atoms with Crippen LogP contribution in [0, 0.1) is 20.8 Å². The number of hydrogen-bond acceptors (Lipinski definition) is 2. The number of hydrogen-bond donors (Lipinski definition) is 1. The number of rotatable bonds is 4. The fourth-order valence-corrected chi connectivity index (χ4v) is 2.62. The monoisotopic (exact) mass is 257 g/mol. The molecule has 1 atom stereocenters. The standard InChI is InChI=1S/C16H23N3/c1-6-19-14(5)16(13(4)18-19)12(3)17-15-9-7-11(2)8-10-15/h7-10,12,17H,6H2,1-5H3. The van der Waals surface area contributed by atoms with E-state index in [9.17, 15) is 0 Å². The Morgan fingerprint density at radius 3 is 2.32 bits per heavy atom. The van der Waals surface area contributed by atoms with E-state index in [1.54, 1.807) is 0 Å². The quantitative estimate of drug-likeness (QED) is 0.897. The van der Waals surface area contributed by atoms with Gasteiger partial charge < -0.3 is 5.32 Å². The van der Waals surface area contributed by atoms with Crippen molar-refractivity contribution in [3.05, 3.63) is 46.8 Å². The fourth-order valence-electron chi connectivity index (χ4n) is 2.62. The summed E-state index contributed by atoms with van der Waals surface area (Å²) in [7, 11) is 0. The van der Waals surface area contributed by atoms with E-state index >= 15 is 0 Å². The first-order valence-corrected chi connectivity index (χ1v) is 6.90. The molecular weight excluding hydrogens is 234 g/mol. The number of aryl methyl sites for hydroxylation is 3. The topological polar surface area (TPSA) is 29.9 Å². The third kappa shape index (κ3) is 2.80. The van der Waals surface area contributed by atoms with Gasteiger partial charge in [0.1, 0.15) is 0 Å². The van der Waals surface area contributed by atoms with Crippen LogP contribution in [0.25, 0.3) is 0 Å². The van der Waals surface area contributed by atoms with E-state index in [-0.39, 0.29) is 6.04 Å². The number of nitrogens with one attached hydrogen (secondary N) is 1. The first-order chi connectivity index (χ1) is 9.02. The molecule has 0 aliphatic carbocycles. The predicted octanol–water partition coefficient (Wildman–Crippen LogP) is 4.00. The minimum absolute atomic E-state index is 0.267. The summed E-state index contributed by atoms with van der Waals surface area (Å²) in [5, 5.41) is 8.13. The molecule has 1 heterocycles. The van der Waals surface area contributed by atoms with Crippen molar-refractivity contribution in [2.75, 3.05) is 5.32 Å². The molecule has 0 saturated carbocycles. The Kier molecular flexibility index (Phi) is 3.93. The second kappa shape index (κ2) is 5.47. The minimum Gasteiger partial charge on any atom is -0.378 e. The molecular formula is C16H23N3. The molecule has 2 rings (SSSR count). The lowest BCUT2D eigenvalue weighted by molar-refractivity contribution is 0.632. The van der Waals surface area contributed by atoms with Gasteiger partial charge in [-0.25, -0.2) is 0 Å². The lowest BCUT2D eigenvalue weighted by Crippen LogP contribution is -2.09. The van der Waals surface area contributed by atoms with Crippen molar-refractivity contribution < 1.29 is 0 Å². The Hall–Kier alpha value is -1.77. The first kappa shape index (κ1) is 13.7. The van der Waals surface area contributed by atoms with Crippen molar-refractivity contribution in [3.63, 3.8) is 0 Å². The van der Waals surface area contributed by atoms with Crippen LogP contribution in [0.1, 0.15) is 42.4 Å². The van der Waals surface area contributed by atoms with Crippen molar-refractivity contribution >= 4 is 5.69 Å². The molecule has 0 amide bonds. The van der Waals surface area contributed by atoms with E-state index in [0.29, 0.717) is 0 Å². The third-order valence-corrected chi connectivity index (χ3v) is 3.60. The smallest absolute Gasteiger partial charge is 0.0649 e. The van der Waals surface area contributed by atoms with Crippen molar-refractivity contribution in [3.8, 4) is 0 Å². The largest absolute Gasteiger partial charge is 0.378 e. The van der Waals surface area contributed by atoms with E-state index in [4.69, 9.17) is 0 Å². The Bertz CT molecular complexity index is 552. The SMILES string of the molecule is CCn1nc(C)c(C(C)Nc2ccc(C)cc2)c1C. The van der Waals surface area contributed by atoms with E-state index in [1.165, 1.54) is 16.8 Å². The van der Waals surface area contributed by atoms with Gasteiger partial charge in [0.2, 0.25) is 0 Å². The van der Waals surface area contributed by atoms with E-state index in [1.807, 2.05) is 0 Å². The molecule has 102 valence electrons. The fraction of sp³-hybridized carbons (Fsp3) is 0.438. The van der Waals surface area contributed by atoms with Crippen molar-refractivity contribution in [1.82, 2.24) is 9.78 Å². The first-order valence-electron chi connectivity index (χ1n) is 6.90. The second-order valence-electron chi connectivity index (χ2n) is 5.13. The van der Waals surface area contributed by atoms with Crippen LogP contribution < -0.4 is 5.32 Å². The van der Waals surface area contributed by atoms with Gasteiger partial charge in [0.25, 0.3) is 0 Å². The van der Waals surface area contributed by atoms with Gasteiger partial charge in [-0.05, 0) is 46.8 Å². The van der Waals surface area contributed by atoms with Gasteiger partial charge >= 0.3 is 0 Å². The summed E-state index contributed by atoms with van der Waals surface area (Å²) >= 11 is 0. The molecule has 0 aliphatic heterocycles. The number of nitrogens with zero attached hydrogens (tertiary/aromatic N) is 2. The highest BCUT2D eigenvalue weighted by molar-refractivity contribution is 5.47. The lowest BCUT2D eigenvalue weighted by atomic mass is 10.1. The van der Waals surface area contributed by atoms with Crippen LogP contribution in [0.2, 0.25) is 0 Å². The van der Waals surface area contributed by atoms with Gasteiger partial charge in [0.05, 0.1) is 11.7 Å². The van der Waals surface area contributed by atoms with Crippen LogP contribution >= 0.6 is 0 Å². The van der Waals surface area contributed by atoms with Gasteiger partial charge in [-0.2, -0.15) is 5.10 Å². The van der Waals surface area contributed by atoms with E-state index in [0.717, 1.165) is 17.9 Å². The molecule has 1 N–H and O–H groups in total. The molecule has 0 radical (unpaired) electrons. The van der Waals surface area contributed by atoms with Gasteiger partial charge in [-0.3, -0.25) is 4.68 Å². The van der Waals surface area contributed by atoms with Crippen molar-refractivity contribution in [1.29, 1.82) is 0 Å². The third-order valence-electron chi connectivity index (χ3n) is 3.60. The maximum Gasteiger partial charge on any atom is 0.0649 e. The molecule has 1 aromatic heterocycles. The molecule has 1 unspecified atom stereocenters. The average Bonchev–Trinajstić information content (AvgIpc) is 2.67. The number of benzene rings is 1. The van der Waals surface area contributed by atoms with Crippen LogP contribution in [0.15, 0.2) is 24.3 Å². The summed E-state index contributed by atoms with van der Waals surface area (Å²) in [5.41, 5.74) is 6.12. The maximum absolute atomic E-state index is 4.58. The van der Waals surface area contributed by atoms with Crippen LogP contribution in [0.4, 0.5) is 5.69 Å². The Morgan fingerprint density at radius 2 is 1.79 bits per heavy atom. The van der Waals surface area contributed by atoms with Gasteiger partial charge in [0.15, 0.2) is 0 Å². The normalized spacial score (nSPS) is 12.5. The summed E-state index contributed by atoms with van der Waals surface area (Å²) in [6, 6.07) is 8.78. The lowest BCUT2D eigenvalue weighted by Gasteiger charge is -2.16. The summed E-state index contributed by atoms with van der Waals surface area (Å²) in [4.78, 5) is 0. The molecule has 19 heavy (non-hydrogen) atoms. The van der Waals surface area contributed by atoms with Crippen LogP contribution in [-0.4, -0.2) is 9.78 Å². The van der Waals surface area contributed by atoms with Crippen LogP contribution in [0.5, 0.6) is 0 Å². The van der Waals surface area contributed by atoms with Crippen LogP contribution in [-0.2, 0) is 6.54 Å². The number of aromatic nitrogens is 2. The summed E-state index contributed by atoms with van der Waals surface area (Å²) in [6.07, 6.45) is 0. The highest BCUT2D eigenvalue weighted by atomic mass is 15.3. The molecule has 2 aromatic rings. The minimum atomic E-state index is 0.267. The van der Waals surface area contributed by atoms with Crippen molar-refractivity contribution in [2.45, 2.75) is 47.2 Å². The average molecular weight is 257 g/mol. The molecule has 0 spiro atoms. The van der Waals surface area contributed by atoms with Crippen molar-refractivity contribution in [2.24, 2.45) is 0 Å². The zero-order chi connectivity index (χ0) is 14.0. The molecule has 0 saturated heterocycles. The highest BCUT2D eigenvalue weighted by Crippen LogP contribution is 2.25.